The number of hydrazone groups is 1. The summed E-state index contributed by atoms with van der Waals surface area (Å²) in [4.78, 5) is 29.1. The van der Waals surface area contributed by atoms with E-state index in [0.29, 0.717) is 29.2 Å². The van der Waals surface area contributed by atoms with Gasteiger partial charge in [-0.1, -0.05) is 24.3 Å². The normalized spacial score (nSPS) is 14.6. The molecule has 2 aromatic heterocycles. The van der Waals surface area contributed by atoms with E-state index in [4.69, 9.17) is 9.15 Å². The van der Waals surface area contributed by atoms with Crippen molar-refractivity contribution in [3.8, 4) is 0 Å². The van der Waals surface area contributed by atoms with Gasteiger partial charge in [-0.3, -0.25) is 4.79 Å². The zero-order valence-electron chi connectivity index (χ0n) is 16.3. The molecule has 7 nitrogen and oxygen atoms in total. The number of esters is 1. The zero-order valence-corrected chi connectivity index (χ0v) is 16.3. The number of rotatable bonds is 4. The van der Waals surface area contributed by atoms with Crippen LogP contribution in [-0.4, -0.2) is 29.2 Å². The van der Waals surface area contributed by atoms with Crippen molar-refractivity contribution >= 4 is 28.5 Å². The number of pyridine rings is 1. The topological polar surface area (TPSA) is 93.8 Å². The van der Waals surface area contributed by atoms with Crippen molar-refractivity contribution < 1.29 is 18.7 Å². The quantitative estimate of drug-likeness (QED) is 0.539. The second-order valence-electron chi connectivity index (χ2n) is 6.82. The Kier molecular flexibility index (Phi) is 5.12. The van der Waals surface area contributed by atoms with Crippen LogP contribution in [0.4, 0.5) is 0 Å². The smallest absolute Gasteiger partial charge is 0.374 e. The van der Waals surface area contributed by atoms with Crippen molar-refractivity contribution in [2.24, 2.45) is 5.10 Å². The number of furan rings is 1. The number of hydrogen-bond donors (Lipinski definition) is 1. The molecule has 7 heteroatoms. The van der Waals surface area contributed by atoms with E-state index >= 15 is 0 Å². The van der Waals surface area contributed by atoms with Gasteiger partial charge in [0.15, 0.2) is 0 Å². The van der Waals surface area contributed by atoms with Crippen molar-refractivity contribution in [2.45, 2.75) is 33.1 Å². The SMILES string of the molecule is CCOC(=O)c1oc2c(c1C)/C(=N/NC(=O)c1ccc3ccccc3n1)CCC2. The van der Waals surface area contributed by atoms with E-state index in [1.807, 2.05) is 37.3 Å². The van der Waals surface area contributed by atoms with Crippen LogP contribution in [0.5, 0.6) is 0 Å². The summed E-state index contributed by atoms with van der Waals surface area (Å²) >= 11 is 0. The van der Waals surface area contributed by atoms with Gasteiger partial charge in [0.05, 0.1) is 17.8 Å². The molecule has 1 aliphatic carbocycles. The molecule has 1 aromatic carbocycles. The first-order valence-corrected chi connectivity index (χ1v) is 9.61. The Morgan fingerprint density at radius 2 is 2.03 bits per heavy atom. The lowest BCUT2D eigenvalue weighted by molar-refractivity contribution is 0.0486. The highest BCUT2D eigenvalue weighted by atomic mass is 16.5. The van der Waals surface area contributed by atoms with E-state index in [1.165, 1.54) is 0 Å². The molecule has 1 aliphatic rings. The maximum absolute atomic E-state index is 12.5. The number of aryl methyl sites for hydroxylation is 1. The van der Waals surface area contributed by atoms with Crippen molar-refractivity contribution in [1.29, 1.82) is 0 Å². The third kappa shape index (κ3) is 3.63. The van der Waals surface area contributed by atoms with E-state index < -0.39 is 5.97 Å². The lowest BCUT2D eigenvalue weighted by Crippen LogP contribution is -2.23. The largest absolute Gasteiger partial charge is 0.460 e. The molecule has 2 heterocycles. The molecule has 0 radical (unpaired) electrons. The summed E-state index contributed by atoms with van der Waals surface area (Å²) in [7, 11) is 0. The molecule has 1 amide bonds. The van der Waals surface area contributed by atoms with E-state index in [-0.39, 0.29) is 18.3 Å². The number of aromatic nitrogens is 1. The number of amides is 1. The summed E-state index contributed by atoms with van der Waals surface area (Å²) in [5.41, 5.74) is 5.80. The van der Waals surface area contributed by atoms with Gasteiger partial charge in [-0.2, -0.15) is 5.10 Å². The van der Waals surface area contributed by atoms with Gasteiger partial charge in [0, 0.05) is 22.9 Å². The number of carbonyl (C=O) groups is 2. The third-order valence-corrected chi connectivity index (χ3v) is 4.91. The van der Waals surface area contributed by atoms with Gasteiger partial charge >= 0.3 is 5.97 Å². The minimum absolute atomic E-state index is 0.203. The summed E-state index contributed by atoms with van der Waals surface area (Å²) in [5, 5.41) is 5.29. The molecule has 0 atom stereocenters. The first kappa shape index (κ1) is 18.9. The summed E-state index contributed by atoms with van der Waals surface area (Å²) < 4.78 is 10.8. The summed E-state index contributed by atoms with van der Waals surface area (Å²) in [6, 6.07) is 11.1. The highest BCUT2D eigenvalue weighted by Gasteiger charge is 2.28. The second-order valence-corrected chi connectivity index (χ2v) is 6.82. The maximum Gasteiger partial charge on any atom is 0.374 e. The molecule has 1 N–H and O–H groups in total. The van der Waals surface area contributed by atoms with Crippen LogP contribution >= 0.6 is 0 Å². The summed E-state index contributed by atoms with van der Waals surface area (Å²) in [6.45, 7) is 3.83. The van der Waals surface area contributed by atoms with Gasteiger partial charge in [-0.25, -0.2) is 15.2 Å². The lowest BCUT2D eigenvalue weighted by atomic mass is 9.93. The minimum atomic E-state index is -0.483. The van der Waals surface area contributed by atoms with Crippen LogP contribution in [0.2, 0.25) is 0 Å². The van der Waals surface area contributed by atoms with Gasteiger partial charge in [-0.05, 0) is 38.8 Å². The van der Waals surface area contributed by atoms with E-state index in [9.17, 15) is 9.59 Å². The Bertz CT molecular complexity index is 1130. The van der Waals surface area contributed by atoms with E-state index in [1.54, 1.807) is 13.0 Å². The molecular formula is C22H21N3O4. The predicted molar refractivity (Wildman–Crippen MR) is 108 cm³/mol. The third-order valence-electron chi connectivity index (χ3n) is 4.91. The van der Waals surface area contributed by atoms with Crippen LogP contribution in [0.25, 0.3) is 10.9 Å². The average molecular weight is 391 g/mol. The molecule has 0 saturated carbocycles. The number of hydrogen-bond acceptors (Lipinski definition) is 6. The van der Waals surface area contributed by atoms with Gasteiger partial charge in [-0.15, -0.1) is 0 Å². The molecule has 0 aliphatic heterocycles. The second kappa shape index (κ2) is 7.87. The molecule has 0 spiro atoms. The number of benzene rings is 1. The van der Waals surface area contributed by atoms with E-state index in [2.05, 4.69) is 15.5 Å². The minimum Gasteiger partial charge on any atom is -0.460 e. The Balaban J connectivity index is 1.59. The highest BCUT2D eigenvalue weighted by molar-refractivity contribution is 6.06. The van der Waals surface area contributed by atoms with Crippen LogP contribution in [0, 0.1) is 6.92 Å². The molecule has 0 unspecified atom stereocenters. The number of nitrogens with zero attached hydrogens (tertiary/aromatic N) is 2. The fraction of sp³-hybridized carbons (Fsp3) is 0.273. The van der Waals surface area contributed by atoms with Crippen molar-refractivity contribution in [3.05, 3.63) is 64.7 Å². The molecule has 148 valence electrons. The van der Waals surface area contributed by atoms with Crippen molar-refractivity contribution in [1.82, 2.24) is 10.4 Å². The number of ether oxygens (including phenoxy) is 1. The average Bonchev–Trinajstić information content (AvgIpc) is 3.09. The predicted octanol–water partition coefficient (Wildman–Crippen LogP) is 3.78. The number of fused-ring (bicyclic) bond motifs is 2. The lowest BCUT2D eigenvalue weighted by Gasteiger charge is -2.13. The number of carbonyl (C=O) groups excluding carboxylic acids is 2. The monoisotopic (exact) mass is 391 g/mol. The Morgan fingerprint density at radius 1 is 1.21 bits per heavy atom. The zero-order chi connectivity index (χ0) is 20.4. The fourth-order valence-corrected chi connectivity index (χ4v) is 3.54. The van der Waals surface area contributed by atoms with E-state index in [0.717, 1.165) is 29.3 Å². The fourth-order valence-electron chi connectivity index (χ4n) is 3.54. The van der Waals surface area contributed by atoms with Crippen molar-refractivity contribution in [2.75, 3.05) is 6.61 Å². The standard InChI is InChI=1S/C22H21N3O4/c1-3-28-22(27)20-13(2)19-16(9-6-10-18(19)29-20)24-25-21(26)17-12-11-14-7-4-5-8-15(14)23-17/h4-5,7-8,11-12H,3,6,9-10H2,1-2H3,(H,25,26)/b24-16+. The highest BCUT2D eigenvalue weighted by Crippen LogP contribution is 2.30. The molecule has 3 aromatic rings. The Morgan fingerprint density at radius 3 is 2.86 bits per heavy atom. The van der Waals surface area contributed by atoms with Gasteiger partial charge < -0.3 is 9.15 Å². The molecule has 29 heavy (non-hydrogen) atoms. The molecule has 4 rings (SSSR count). The summed E-state index contributed by atoms with van der Waals surface area (Å²) in [6.07, 6.45) is 2.22. The van der Waals surface area contributed by atoms with Crippen molar-refractivity contribution in [3.63, 3.8) is 0 Å². The molecular weight excluding hydrogens is 370 g/mol. The molecule has 0 bridgehead atoms. The van der Waals surface area contributed by atoms with Crippen LogP contribution in [-0.2, 0) is 11.2 Å². The van der Waals surface area contributed by atoms with Crippen LogP contribution in [0.1, 0.15) is 57.7 Å². The maximum atomic E-state index is 12.5. The molecule has 0 fully saturated rings. The van der Waals surface area contributed by atoms with Crippen LogP contribution in [0.3, 0.4) is 0 Å². The number of nitrogens with one attached hydrogen (secondary N) is 1. The Labute approximate surface area is 167 Å². The number of para-hydroxylation sites is 1. The van der Waals surface area contributed by atoms with Crippen LogP contribution in [0.15, 0.2) is 45.9 Å². The van der Waals surface area contributed by atoms with Gasteiger partial charge in [0.2, 0.25) is 5.76 Å². The first-order chi connectivity index (χ1) is 14.1. The van der Waals surface area contributed by atoms with Gasteiger partial charge in [0.1, 0.15) is 11.5 Å². The van der Waals surface area contributed by atoms with Gasteiger partial charge in [0.25, 0.3) is 5.91 Å². The first-order valence-electron chi connectivity index (χ1n) is 9.61. The summed E-state index contributed by atoms with van der Waals surface area (Å²) in [5.74, 6) is 0.0351. The van der Waals surface area contributed by atoms with Crippen LogP contribution < -0.4 is 5.43 Å². The Hall–Kier alpha value is -3.48. The molecule has 0 saturated heterocycles.